The van der Waals surface area contributed by atoms with Gasteiger partial charge in [0, 0.05) is 5.92 Å². The third-order valence-electron chi connectivity index (χ3n) is 10.1. The number of nitrogens with zero attached hydrogens (tertiary/aromatic N) is 2. The van der Waals surface area contributed by atoms with Crippen molar-refractivity contribution < 1.29 is 51.0 Å². The first kappa shape index (κ1) is 34.0. The fourth-order valence-corrected chi connectivity index (χ4v) is 8.84. The quantitative estimate of drug-likeness (QED) is 0.0803. The first-order chi connectivity index (χ1) is 23.7. The van der Waals surface area contributed by atoms with Crippen LogP contribution in [-0.4, -0.2) is 50.0 Å². The van der Waals surface area contributed by atoms with Crippen molar-refractivity contribution in [3.05, 3.63) is 100 Å². The molecule has 3 aromatic carbocycles. The number of aromatic hydroxyl groups is 1. The van der Waals surface area contributed by atoms with E-state index in [1.54, 1.807) is 43.3 Å². The number of amides is 4. The summed E-state index contributed by atoms with van der Waals surface area (Å²) in [5.74, 6) is -21.5. The molecule has 15 heteroatoms. The normalized spacial score (nSPS) is 28.8. The first-order valence-electron chi connectivity index (χ1n) is 15.5. The molecule has 7 rings (SSSR count). The first-order valence-corrected chi connectivity index (χ1v) is 16.3. The third kappa shape index (κ3) is 4.48. The topological polar surface area (TPSA) is 104 Å². The molecule has 1 saturated carbocycles. The molecule has 4 aliphatic rings. The smallest absolute Gasteiger partial charge is 0.258 e. The number of ether oxygens (including phenoxy) is 1. The Morgan fingerprint density at radius 3 is 2.14 bits per heavy atom. The molecular weight excluding hydrogens is 710 g/mol. The zero-order chi connectivity index (χ0) is 36.0. The lowest BCUT2D eigenvalue weighted by Gasteiger charge is -2.50. The van der Waals surface area contributed by atoms with E-state index in [4.69, 9.17) is 27.9 Å². The van der Waals surface area contributed by atoms with E-state index in [1.165, 1.54) is 18.2 Å². The van der Waals surface area contributed by atoms with E-state index in [2.05, 4.69) is 0 Å². The molecule has 3 aromatic rings. The number of imide groups is 2. The van der Waals surface area contributed by atoms with Gasteiger partial charge in [0.05, 0.1) is 25.0 Å². The number of alkyl halides is 2. The lowest BCUT2D eigenvalue weighted by molar-refractivity contribution is -0.141. The number of phenolic OH excluding ortho intramolecular Hbond substituents is 1. The Bertz CT molecular complexity index is 2020. The highest BCUT2D eigenvalue weighted by Crippen LogP contribution is 2.66. The minimum atomic E-state index is -2.68. The van der Waals surface area contributed by atoms with Gasteiger partial charge < -0.3 is 9.84 Å². The highest BCUT2D eigenvalue weighted by Gasteiger charge is 2.77. The summed E-state index contributed by atoms with van der Waals surface area (Å²) in [6.45, 7) is 1.66. The molecule has 8 nitrogen and oxygen atoms in total. The van der Waals surface area contributed by atoms with Crippen molar-refractivity contribution in [3.63, 3.8) is 0 Å². The zero-order valence-electron chi connectivity index (χ0n) is 25.9. The molecule has 6 unspecified atom stereocenters. The van der Waals surface area contributed by atoms with Gasteiger partial charge in [-0.25, -0.2) is 26.9 Å². The Morgan fingerprint density at radius 2 is 1.50 bits per heavy atom. The van der Waals surface area contributed by atoms with Crippen molar-refractivity contribution in [2.24, 2.45) is 17.8 Å². The number of hydrogen-bond donors (Lipinski definition) is 1. The summed E-state index contributed by atoms with van der Waals surface area (Å²) in [5.41, 5.74) is -0.798. The van der Waals surface area contributed by atoms with Gasteiger partial charge in [0.25, 0.3) is 11.8 Å². The molecule has 0 aromatic heterocycles. The maximum absolute atomic E-state index is 15.2. The molecular formula is C35H25Cl2F5N2O6. The van der Waals surface area contributed by atoms with E-state index >= 15 is 8.78 Å². The van der Waals surface area contributed by atoms with Crippen LogP contribution in [-0.2, 0) is 25.7 Å². The van der Waals surface area contributed by atoms with Crippen molar-refractivity contribution in [1.29, 1.82) is 0 Å². The molecule has 2 saturated heterocycles. The molecule has 2 aliphatic carbocycles. The van der Waals surface area contributed by atoms with Crippen LogP contribution in [0.25, 0.3) is 0 Å². The summed E-state index contributed by atoms with van der Waals surface area (Å²) >= 11 is 14.3. The molecule has 0 spiro atoms. The van der Waals surface area contributed by atoms with Gasteiger partial charge >= 0.3 is 0 Å². The van der Waals surface area contributed by atoms with Crippen molar-refractivity contribution in [1.82, 2.24) is 4.90 Å². The molecule has 0 bridgehead atoms. The Kier molecular flexibility index (Phi) is 8.02. The van der Waals surface area contributed by atoms with Gasteiger partial charge in [0.2, 0.25) is 17.6 Å². The summed E-state index contributed by atoms with van der Waals surface area (Å²) in [4.78, 5) is 52.0. The number of halogens is 7. The van der Waals surface area contributed by atoms with Crippen molar-refractivity contribution in [2.45, 2.75) is 42.0 Å². The summed E-state index contributed by atoms with van der Waals surface area (Å²) in [5, 5.41) is 10.5. The van der Waals surface area contributed by atoms with Crippen molar-refractivity contribution in [2.75, 3.05) is 11.5 Å². The van der Waals surface area contributed by atoms with Gasteiger partial charge in [0.15, 0.2) is 44.5 Å². The van der Waals surface area contributed by atoms with Crippen LogP contribution in [0.15, 0.2) is 60.2 Å². The summed E-state index contributed by atoms with van der Waals surface area (Å²) in [6, 6.07) is 12.6. The number of rotatable bonds is 6. The molecule has 6 atom stereocenters. The van der Waals surface area contributed by atoms with Crippen LogP contribution in [0.4, 0.5) is 27.6 Å². The van der Waals surface area contributed by atoms with Gasteiger partial charge in [0.1, 0.15) is 5.69 Å². The Balaban J connectivity index is 1.41. The number of allylic oxidation sites excluding steroid dienone is 2. The zero-order valence-corrected chi connectivity index (χ0v) is 27.4. The second-order valence-electron chi connectivity index (χ2n) is 12.6. The van der Waals surface area contributed by atoms with E-state index in [0.29, 0.717) is 5.56 Å². The second kappa shape index (κ2) is 11.8. The summed E-state index contributed by atoms with van der Waals surface area (Å²) in [6.07, 6.45) is 0.984. The molecule has 3 fully saturated rings. The fraction of sp³-hybridized carbons (Fsp3) is 0.314. The Labute approximate surface area is 291 Å². The second-order valence-corrected chi connectivity index (χ2v) is 13.8. The molecule has 0 radical (unpaired) electrons. The van der Waals surface area contributed by atoms with Crippen molar-refractivity contribution >= 4 is 52.5 Å². The van der Waals surface area contributed by atoms with Crippen LogP contribution in [0, 0.1) is 46.8 Å². The molecule has 2 heterocycles. The maximum Gasteiger partial charge on any atom is 0.258 e. The van der Waals surface area contributed by atoms with E-state index in [-0.39, 0.29) is 47.1 Å². The number of likely N-dealkylation sites (tertiary alicyclic amines) is 1. The SMILES string of the molecule is CCOc1cc(C2C3=CCC4C(=O)N(Cc5ccccc5)C(=O)C4C3CC3(Cl)C(=O)N(c4c(F)c(F)c(F)c(F)c4F)C(=O)C23Cl)ccc1O. The number of hydrogen-bond acceptors (Lipinski definition) is 6. The average molecular weight is 735 g/mol. The van der Waals surface area contributed by atoms with Crippen LogP contribution in [0.3, 0.4) is 0 Å². The van der Waals surface area contributed by atoms with E-state index in [1.807, 2.05) is 0 Å². The predicted octanol–water partition coefficient (Wildman–Crippen LogP) is 6.25. The molecule has 260 valence electrons. The van der Waals surface area contributed by atoms with Gasteiger partial charge in [-0.15, -0.1) is 23.2 Å². The van der Waals surface area contributed by atoms with Crippen LogP contribution in [0.1, 0.15) is 36.8 Å². The average Bonchev–Trinajstić information content (AvgIpc) is 3.42. The minimum absolute atomic E-state index is 0.00497. The maximum atomic E-state index is 15.2. The van der Waals surface area contributed by atoms with Gasteiger partial charge in [-0.3, -0.25) is 24.1 Å². The van der Waals surface area contributed by atoms with Crippen LogP contribution >= 0.6 is 23.2 Å². The molecule has 50 heavy (non-hydrogen) atoms. The highest BCUT2D eigenvalue weighted by atomic mass is 35.5. The van der Waals surface area contributed by atoms with Crippen LogP contribution < -0.4 is 9.64 Å². The summed E-state index contributed by atoms with van der Waals surface area (Å²) < 4.78 is 78.9. The summed E-state index contributed by atoms with van der Waals surface area (Å²) in [7, 11) is 0. The number of fused-ring (bicyclic) bond motifs is 4. The molecule has 4 amide bonds. The number of phenols is 1. The third-order valence-corrected chi connectivity index (χ3v) is 11.5. The predicted molar refractivity (Wildman–Crippen MR) is 168 cm³/mol. The largest absolute Gasteiger partial charge is 0.504 e. The van der Waals surface area contributed by atoms with Crippen LogP contribution in [0.2, 0.25) is 0 Å². The standard InChI is InChI=1S/C35H25Cl2F5N2O6/c1-2-50-21-12-16(8-11-20(21)45)23-17-9-10-18-22(31(47)43(30(18)46)14-15-6-4-3-5-7-15)19(17)13-34(36)32(48)44(33(49)35(23,34)37)29-27(41)25(39)24(38)26(40)28(29)42/h3-9,11-12,18-19,22-23,45H,2,10,13-14H2,1H3. The van der Waals surface area contributed by atoms with Gasteiger partial charge in [-0.1, -0.05) is 48.0 Å². The number of carbonyl (C=O) groups is 4. The van der Waals surface area contributed by atoms with Crippen molar-refractivity contribution in [3.8, 4) is 11.5 Å². The Morgan fingerprint density at radius 1 is 0.860 bits per heavy atom. The van der Waals surface area contributed by atoms with Gasteiger partial charge in [-0.2, -0.15) is 0 Å². The van der Waals surface area contributed by atoms with Gasteiger partial charge in [-0.05, 0) is 48.9 Å². The Hall–Kier alpha value is -4.49. The monoisotopic (exact) mass is 734 g/mol. The van der Waals surface area contributed by atoms with Crippen LogP contribution in [0.5, 0.6) is 11.5 Å². The molecule has 2 aliphatic heterocycles. The minimum Gasteiger partial charge on any atom is -0.504 e. The van der Waals surface area contributed by atoms with E-state index in [0.717, 1.165) is 4.90 Å². The number of carbonyl (C=O) groups excluding carboxylic acids is 4. The highest BCUT2D eigenvalue weighted by molar-refractivity contribution is 6.58. The van der Waals surface area contributed by atoms with E-state index < -0.39 is 98.2 Å². The molecule has 1 N–H and O–H groups in total. The lowest BCUT2D eigenvalue weighted by atomic mass is 9.56. The fourth-order valence-electron chi connectivity index (χ4n) is 7.91. The van der Waals surface area contributed by atoms with E-state index in [9.17, 15) is 37.5 Å². The number of benzene rings is 3. The lowest BCUT2D eigenvalue weighted by Crippen LogP contribution is -2.60. The number of anilines is 1.